The van der Waals surface area contributed by atoms with Gasteiger partial charge in [-0.3, -0.25) is 9.47 Å². The molecule has 1 fully saturated rings. The Bertz CT molecular complexity index is 759. The number of fused-ring (bicyclic) bond motifs is 1. The van der Waals surface area contributed by atoms with Crippen LogP contribution in [0, 0.1) is 5.92 Å². The lowest BCUT2D eigenvalue weighted by atomic mass is 10.1. The standard InChI is InChI=1S/C19H28FN5O/c1-14(2)7-8-21-19(26)25-13-22-18-16(5-4-6-17(18)25)24-10-9-23(3)15(11-20)12-24/h4-6,13-15H,7-12H2,1-3H3,(H,21,26). The van der Waals surface area contributed by atoms with Gasteiger partial charge in [0.25, 0.3) is 0 Å². The molecule has 7 heteroatoms. The van der Waals surface area contributed by atoms with E-state index in [4.69, 9.17) is 0 Å². The smallest absolute Gasteiger partial charge is 0.327 e. The van der Waals surface area contributed by atoms with Crippen molar-refractivity contribution in [2.24, 2.45) is 5.92 Å². The maximum absolute atomic E-state index is 13.3. The van der Waals surface area contributed by atoms with E-state index in [-0.39, 0.29) is 18.7 Å². The van der Waals surface area contributed by atoms with Crippen molar-refractivity contribution >= 4 is 22.8 Å². The van der Waals surface area contributed by atoms with Crippen LogP contribution < -0.4 is 10.2 Å². The van der Waals surface area contributed by atoms with Gasteiger partial charge >= 0.3 is 6.03 Å². The molecule has 0 aliphatic carbocycles. The van der Waals surface area contributed by atoms with Gasteiger partial charge in [-0.05, 0) is 31.5 Å². The van der Waals surface area contributed by atoms with Crippen LogP contribution in [-0.4, -0.2) is 66.4 Å². The van der Waals surface area contributed by atoms with Crippen LogP contribution >= 0.6 is 0 Å². The topological polar surface area (TPSA) is 53.4 Å². The Morgan fingerprint density at radius 2 is 2.19 bits per heavy atom. The number of anilines is 1. The molecular weight excluding hydrogens is 333 g/mol. The highest BCUT2D eigenvalue weighted by Gasteiger charge is 2.26. The van der Waals surface area contributed by atoms with Crippen LogP contribution in [0.25, 0.3) is 11.0 Å². The van der Waals surface area contributed by atoms with Gasteiger partial charge < -0.3 is 10.2 Å². The molecule has 3 rings (SSSR count). The Hall–Kier alpha value is -2.15. The average molecular weight is 361 g/mol. The number of piperazine rings is 1. The minimum atomic E-state index is -0.365. The van der Waals surface area contributed by atoms with Crippen LogP contribution in [0.15, 0.2) is 24.5 Å². The Morgan fingerprint density at radius 3 is 2.92 bits per heavy atom. The van der Waals surface area contributed by atoms with E-state index < -0.39 is 0 Å². The summed E-state index contributed by atoms with van der Waals surface area (Å²) in [5, 5.41) is 2.94. The minimum Gasteiger partial charge on any atom is -0.367 e. The summed E-state index contributed by atoms with van der Waals surface area (Å²) < 4.78 is 14.8. The second-order valence-electron chi connectivity index (χ2n) is 7.41. The Balaban J connectivity index is 1.81. The summed E-state index contributed by atoms with van der Waals surface area (Å²) in [5.41, 5.74) is 2.52. The zero-order chi connectivity index (χ0) is 18.7. The number of likely N-dealkylation sites (N-methyl/N-ethyl adjacent to an activating group) is 1. The fourth-order valence-corrected chi connectivity index (χ4v) is 3.33. The van der Waals surface area contributed by atoms with Gasteiger partial charge in [0.1, 0.15) is 18.5 Å². The number of nitrogens with zero attached hydrogens (tertiary/aromatic N) is 4. The first-order valence-corrected chi connectivity index (χ1v) is 9.26. The van der Waals surface area contributed by atoms with Crippen LogP contribution in [0.2, 0.25) is 0 Å². The van der Waals surface area contributed by atoms with Gasteiger partial charge in [0, 0.05) is 26.2 Å². The number of para-hydroxylation sites is 1. The van der Waals surface area contributed by atoms with Crippen molar-refractivity contribution in [1.82, 2.24) is 19.8 Å². The van der Waals surface area contributed by atoms with E-state index in [2.05, 4.69) is 33.9 Å². The molecule has 1 unspecified atom stereocenters. The zero-order valence-electron chi connectivity index (χ0n) is 15.8. The number of amides is 1. The lowest BCUT2D eigenvalue weighted by Crippen LogP contribution is -2.52. The number of rotatable bonds is 5. The number of nitrogens with one attached hydrogen (secondary N) is 1. The summed E-state index contributed by atoms with van der Waals surface area (Å²) in [7, 11) is 1.96. The lowest BCUT2D eigenvalue weighted by molar-refractivity contribution is 0.183. The van der Waals surface area contributed by atoms with Crippen molar-refractivity contribution in [2.75, 3.05) is 44.8 Å². The molecule has 0 bridgehead atoms. The van der Waals surface area contributed by atoms with Crippen LogP contribution in [0.3, 0.4) is 0 Å². The molecule has 1 amide bonds. The molecular formula is C19H28FN5O. The molecule has 2 heterocycles. The third-order valence-corrected chi connectivity index (χ3v) is 5.07. The van der Waals surface area contributed by atoms with E-state index >= 15 is 0 Å². The number of hydrogen-bond donors (Lipinski definition) is 1. The summed E-state index contributed by atoms with van der Waals surface area (Å²) in [4.78, 5) is 21.2. The van der Waals surface area contributed by atoms with Crippen molar-refractivity contribution in [1.29, 1.82) is 0 Å². The lowest BCUT2D eigenvalue weighted by Gasteiger charge is -2.39. The van der Waals surface area contributed by atoms with Crippen molar-refractivity contribution in [2.45, 2.75) is 26.3 Å². The second-order valence-corrected chi connectivity index (χ2v) is 7.41. The average Bonchev–Trinajstić information content (AvgIpc) is 3.06. The van der Waals surface area contributed by atoms with Gasteiger partial charge in [-0.15, -0.1) is 0 Å². The molecule has 1 aromatic heterocycles. The van der Waals surface area contributed by atoms with Crippen molar-refractivity contribution in [3.05, 3.63) is 24.5 Å². The van der Waals surface area contributed by atoms with E-state index in [1.54, 1.807) is 10.9 Å². The quantitative estimate of drug-likeness (QED) is 0.890. The number of aromatic nitrogens is 2. The van der Waals surface area contributed by atoms with Crippen molar-refractivity contribution < 1.29 is 9.18 Å². The first-order valence-electron chi connectivity index (χ1n) is 9.26. The maximum atomic E-state index is 13.3. The van der Waals surface area contributed by atoms with E-state index in [9.17, 15) is 9.18 Å². The van der Waals surface area contributed by atoms with Gasteiger partial charge in [-0.25, -0.2) is 14.2 Å². The number of benzene rings is 1. The molecule has 26 heavy (non-hydrogen) atoms. The monoisotopic (exact) mass is 361 g/mol. The van der Waals surface area contributed by atoms with Crippen LogP contribution in [0.4, 0.5) is 14.9 Å². The Morgan fingerprint density at radius 1 is 1.38 bits per heavy atom. The first kappa shape index (κ1) is 18.6. The van der Waals surface area contributed by atoms with Crippen molar-refractivity contribution in [3.8, 4) is 0 Å². The molecule has 1 atom stereocenters. The number of alkyl halides is 1. The van der Waals surface area contributed by atoms with E-state index in [0.717, 1.165) is 36.2 Å². The number of carbonyl (C=O) groups is 1. The third-order valence-electron chi connectivity index (χ3n) is 5.07. The zero-order valence-corrected chi connectivity index (χ0v) is 15.8. The highest BCUT2D eigenvalue weighted by atomic mass is 19.1. The van der Waals surface area contributed by atoms with Gasteiger partial charge in [0.05, 0.1) is 17.2 Å². The first-order chi connectivity index (χ1) is 12.5. The van der Waals surface area contributed by atoms with Gasteiger partial charge in [0.2, 0.25) is 0 Å². The molecule has 2 aromatic rings. The normalized spacial score (nSPS) is 18.7. The molecule has 6 nitrogen and oxygen atoms in total. The Labute approximate surface area is 154 Å². The number of imidazole rings is 1. The molecule has 1 aliphatic heterocycles. The van der Waals surface area contributed by atoms with Crippen LogP contribution in [-0.2, 0) is 0 Å². The maximum Gasteiger partial charge on any atom is 0.327 e. The predicted octanol–water partition coefficient (Wildman–Crippen LogP) is 2.73. The number of halogens is 1. The largest absolute Gasteiger partial charge is 0.367 e. The molecule has 0 saturated carbocycles. The summed E-state index contributed by atoms with van der Waals surface area (Å²) in [6, 6.07) is 5.55. The second kappa shape index (κ2) is 8.03. The Kier molecular flexibility index (Phi) is 5.76. The summed E-state index contributed by atoms with van der Waals surface area (Å²) >= 11 is 0. The summed E-state index contributed by atoms with van der Waals surface area (Å²) in [6.07, 6.45) is 2.51. The molecule has 0 spiro atoms. The summed E-state index contributed by atoms with van der Waals surface area (Å²) in [5.74, 6) is 0.544. The van der Waals surface area contributed by atoms with E-state index in [1.165, 1.54) is 0 Å². The molecule has 142 valence electrons. The molecule has 1 N–H and O–H groups in total. The van der Waals surface area contributed by atoms with E-state index in [0.29, 0.717) is 19.0 Å². The van der Waals surface area contributed by atoms with Crippen molar-refractivity contribution in [3.63, 3.8) is 0 Å². The van der Waals surface area contributed by atoms with Gasteiger partial charge in [-0.1, -0.05) is 19.9 Å². The minimum absolute atomic E-state index is 0.111. The third kappa shape index (κ3) is 3.82. The molecule has 1 aromatic carbocycles. The van der Waals surface area contributed by atoms with Gasteiger partial charge in [-0.2, -0.15) is 0 Å². The fraction of sp³-hybridized carbons (Fsp3) is 0.579. The SMILES string of the molecule is CC(C)CCNC(=O)n1cnc2c(N3CCN(C)C(CF)C3)cccc21. The highest BCUT2D eigenvalue weighted by molar-refractivity contribution is 5.95. The van der Waals surface area contributed by atoms with Gasteiger partial charge in [0.15, 0.2) is 0 Å². The summed E-state index contributed by atoms with van der Waals surface area (Å²) in [6.45, 7) is 6.79. The van der Waals surface area contributed by atoms with E-state index in [1.807, 2.05) is 25.2 Å². The highest BCUT2D eigenvalue weighted by Crippen LogP contribution is 2.27. The molecule has 0 radical (unpaired) electrons. The molecule has 1 saturated heterocycles. The van der Waals surface area contributed by atoms with Crippen LogP contribution in [0.5, 0.6) is 0 Å². The molecule has 1 aliphatic rings. The number of carbonyl (C=O) groups excluding carboxylic acids is 1. The number of hydrogen-bond acceptors (Lipinski definition) is 4. The fourth-order valence-electron chi connectivity index (χ4n) is 3.33. The predicted molar refractivity (Wildman–Crippen MR) is 103 cm³/mol. The van der Waals surface area contributed by atoms with Crippen LogP contribution in [0.1, 0.15) is 20.3 Å².